The average Bonchev–Trinajstić information content (AvgIpc) is 2.23. The van der Waals surface area contributed by atoms with Gasteiger partial charge in [-0.1, -0.05) is 6.07 Å². The second kappa shape index (κ2) is 4.53. The minimum Gasteiger partial charge on any atom is -0.328 e. The predicted octanol–water partition coefficient (Wildman–Crippen LogP) is 1.00. The quantitative estimate of drug-likeness (QED) is 0.758. The van der Waals surface area contributed by atoms with Crippen molar-refractivity contribution < 1.29 is 0 Å². The van der Waals surface area contributed by atoms with E-state index in [1.54, 1.807) is 0 Å². The zero-order chi connectivity index (χ0) is 9.80. The van der Waals surface area contributed by atoms with Gasteiger partial charge in [0, 0.05) is 25.0 Å². The summed E-state index contributed by atoms with van der Waals surface area (Å²) in [5.41, 5.74) is 7.15. The molecule has 1 aromatic rings. The van der Waals surface area contributed by atoms with E-state index < -0.39 is 0 Å². The van der Waals surface area contributed by atoms with Crippen LogP contribution in [0.1, 0.15) is 18.4 Å². The number of pyridine rings is 1. The van der Waals surface area contributed by atoms with Crippen LogP contribution in [0.25, 0.3) is 0 Å². The van der Waals surface area contributed by atoms with Gasteiger partial charge in [0.1, 0.15) is 0 Å². The van der Waals surface area contributed by atoms with E-state index in [1.807, 2.05) is 18.5 Å². The van der Waals surface area contributed by atoms with Crippen molar-refractivity contribution in [2.75, 3.05) is 13.1 Å². The second-order valence-corrected chi connectivity index (χ2v) is 3.97. The Balaban J connectivity index is 1.87. The normalized spacial score (nSPS) is 19.8. The molecular weight excluding hydrogens is 174 g/mol. The number of likely N-dealkylation sites (tertiary alicyclic amines) is 1. The Bertz CT molecular complexity index is 265. The Labute approximate surface area is 84.9 Å². The summed E-state index contributed by atoms with van der Waals surface area (Å²) in [6.45, 7) is 3.26. The fourth-order valence-corrected chi connectivity index (χ4v) is 1.86. The van der Waals surface area contributed by atoms with E-state index in [-0.39, 0.29) is 0 Å². The lowest BCUT2D eigenvalue weighted by molar-refractivity contribution is 0.205. The molecule has 2 heterocycles. The van der Waals surface area contributed by atoms with Crippen LogP contribution < -0.4 is 5.73 Å². The SMILES string of the molecule is NC1CCN(Cc2cccnc2)CC1. The van der Waals surface area contributed by atoms with Gasteiger partial charge in [0.05, 0.1) is 0 Å². The highest BCUT2D eigenvalue weighted by atomic mass is 15.1. The molecule has 3 nitrogen and oxygen atoms in total. The molecule has 14 heavy (non-hydrogen) atoms. The summed E-state index contributed by atoms with van der Waals surface area (Å²) >= 11 is 0. The molecule has 0 spiro atoms. The van der Waals surface area contributed by atoms with Crippen molar-refractivity contribution in [1.82, 2.24) is 9.88 Å². The third-order valence-electron chi connectivity index (χ3n) is 2.76. The van der Waals surface area contributed by atoms with Crippen molar-refractivity contribution in [3.8, 4) is 0 Å². The van der Waals surface area contributed by atoms with Crippen LogP contribution in [0.4, 0.5) is 0 Å². The van der Waals surface area contributed by atoms with Crippen LogP contribution in [0.5, 0.6) is 0 Å². The maximum Gasteiger partial charge on any atom is 0.0312 e. The van der Waals surface area contributed by atoms with Gasteiger partial charge in [0.15, 0.2) is 0 Å². The first-order valence-electron chi connectivity index (χ1n) is 5.21. The van der Waals surface area contributed by atoms with Crippen molar-refractivity contribution in [2.45, 2.75) is 25.4 Å². The standard InChI is InChI=1S/C11H17N3/c12-11-3-6-14(7-4-11)9-10-2-1-5-13-8-10/h1-2,5,8,11H,3-4,6-7,9,12H2. The van der Waals surface area contributed by atoms with Gasteiger partial charge in [0.25, 0.3) is 0 Å². The molecule has 0 aliphatic carbocycles. The van der Waals surface area contributed by atoms with Gasteiger partial charge in [0.2, 0.25) is 0 Å². The zero-order valence-electron chi connectivity index (χ0n) is 8.39. The van der Waals surface area contributed by atoms with Gasteiger partial charge >= 0.3 is 0 Å². The fraction of sp³-hybridized carbons (Fsp3) is 0.545. The summed E-state index contributed by atoms with van der Waals surface area (Å²) in [6, 6.07) is 4.53. The lowest BCUT2D eigenvalue weighted by atomic mass is 10.1. The number of piperidine rings is 1. The van der Waals surface area contributed by atoms with Gasteiger partial charge < -0.3 is 5.73 Å². The van der Waals surface area contributed by atoms with E-state index in [2.05, 4.69) is 16.0 Å². The van der Waals surface area contributed by atoms with Gasteiger partial charge in [-0.2, -0.15) is 0 Å². The number of hydrogen-bond acceptors (Lipinski definition) is 3. The van der Waals surface area contributed by atoms with Crippen LogP contribution in [-0.2, 0) is 6.54 Å². The first kappa shape index (κ1) is 9.62. The summed E-state index contributed by atoms with van der Waals surface area (Å²) in [5, 5.41) is 0. The van der Waals surface area contributed by atoms with Crippen LogP contribution in [-0.4, -0.2) is 29.0 Å². The summed E-state index contributed by atoms with van der Waals surface area (Å²) in [5.74, 6) is 0. The van der Waals surface area contributed by atoms with Crippen LogP contribution in [0, 0.1) is 0 Å². The predicted molar refractivity (Wildman–Crippen MR) is 56.7 cm³/mol. The topological polar surface area (TPSA) is 42.1 Å². The van der Waals surface area contributed by atoms with Crippen molar-refractivity contribution in [1.29, 1.82) is 0 Å². The third kappa shape index (κ3) is 2.53. The highest BCUT2D eigenvalue weighted by molar-refractivity contribution is 5.08. The minimum atomic E-state index is 0.417. The van der Waals surface area contributed by atoms with Crippen molar-refractivity contribution in [3.63, 3.8) is 0 Å². The summed E-state index contributed by atoms with van der Waals surface area (Å²) in [6.07, 6.45) is 6.00. The Hall–Kier alpha value is -0.930. The molecule has 0 bridgehead atoms. The molecular formula is C11H17N3. The Kier molecular flexibility index (Phi) is 3.11. The van der Waals surface area contributed by atoms with E-state index in [0.717, 1.165) is 32.5 Å². The van der Waals surface area contributed by atoms with E-state index >= 15 is 0 Å². The van der Waals surface area contributed by atoms with Crippen LogP contribution in [0.2, 0.25) is 0 Å². The number of nitrogens with two attached hydrogens (primary N) is 1. The van der Waals surface area contributed by atoms with Gasteiger partial charge in [-0.15, -0.1) is 0 Å². The molecule has 2 N–H and O–H groups in total. The zero-order valence-corrected chi connectivity index (χ0v) is 8.39. The number of aromatic nitrogens is 1. The maximum atomic E-state index is 5.85. The number of rotatable bonds is 2. The molecule has 0 unspecified atom stereocenters. The molecule has 0 radical (unpaired) electrons. The molecule has 0 saturated carbocycles. The molecule has 2 rings (SSSR count). The Morgan fingerprint density at radius 3 is 2.86 bits per heavy atom. The lowest BCUT2D eigenvalue weighted by Crippen LogP contribution is -2.39. The Morgan fingerprint density at radius 1 is 1.43 bits per heavy atom. The van der Waals surface area contributed by atoms with Crippen molar-refractivity contribution in [3.05, 3.63) is 30.1 Å². The van der Waals surface area contributed by atoms with Crippen LogP contribution >= 0.6 is 0 Å². The second-order valence-electron chi connectivity index (χ2n) is 3.97. The number of hydrogen-bond donors (Lipinski definition) is 1. The summed E-state index contributed by atoms with van der Waals surface area (Å²) in [7, 11) is 0. The molecule has 1 aromatic heterocycles. The Morgan fingerprint density at radius 2 is 2.21 bits per heavy atom. The molecule has 1 saturated heterocycles. The monoisotopic (exact) mass is 191 g/mol. The van der Waals surface area contributed by atoms with Gasteiger partial charge in [-0.25, -0.2) is 0 Å². The fourth-order valence-electron chi connectivity index (χ4n) is 1.86. The number of nitrogens with zero attached hydrogens (tertiary/aromatic N) is 2. The molecule has 0 aromatic carbocycles. The van der Waals surface area contributed by atoms with Crippen molar-refractivity contribution >= 4 is 0 Å². The van der Waals surface area contributed by atoms with Crippen molar-refractivity contribution in [2.24, 2.45) is 5.73 Å². The van der Waals surface area contributed by atoms with E-state index in [1.165, 1.54) is 5.56 Å². The molecule has 1 aliphatic heterocycles. The molecule has 0 atom stereocenters. The summed E-state index contributed by atoms with van der Waals surface area (Å²) < 4.78 is 0. The van der Waals surface area contributed by atoms with Crippen LogP contribution in [0.3, 0.4) is 0 Å². The highest BCUT2D eigenvalue weighted by Gasteiger charge is 2.15. The lowest BCUT2D eigenvalue weighted by Gasteiger charge is -2.29. The van der Waals surface area contributed by atoms with Gasteiger partial charge in [-0.05, 0) is 37.6 Å². The molecule has 76 valence electrons. The first-order chi connectivity index (χ1) is 6.84. The van der Waals surface area contributed by atoms with Gasteiger partial charge in [-0.3, -0.25) is 9.88 Å². The smallest absolute Gasteiger partial charge is 0.0312 e. The highest BCUT2D eigenvalue weighted by Crippen LogP contribution is 2.11. The largest absolute Gasteiger partial charge is 0.328 e. The minimum absolute atomic E-state index is 0.417. The van der Waals surface area contributed by atoms with Crippen LogP contribution in [0.15, 0.2) is 24.5 Å². The van der Waals surface area contributed by atoms with E-state index in [9.17, 15) is 0 Å². The molecule has 1 aliphatic rings. The van der Waals surface area contributed by atoms with E-state index in [0.29, 0.717) is 6.04 Å². The molecule has 0 amide bonds. The van der Waals surface area contributed by atoms with E-state index in [4.69, 9.17) is 5.73 Å². The average molecular weight is 191 g/mol. The first-order valence-corrected chi connectivity index (χ1v) is 5.21. The maximum absolute atomic E-state index is 5.85. The molecule has 1 fully saturated rings. The third-order valence-corrected chi connectivity index (χ3v) is 2.76. The molecule has 3 heteroatoms. The summed E-state index contributed by atoms with van der Waals surface area (Å²) in [4.78, 5) is 6.56.